The van der Waals surface area contributed by atoms with Gasteiger partial charge >= 0.3 is 0 Å². The topological polar surface area (TPSA) is 91.3 Å². The molecule has 0 amide bonds. The Morgan fingerprint density at radius 1 is 0.719 bits per heavy atom. The van der Waals surface area contributed by atoms with Gasteiger partial charge < -0.3 is 25.4 Å². The van der Waals surface area contributed by atoms with E-state index < -0.39 is 6.29 Å². The molecule has 0 saturated heterocycles. The van der Waals surface area contributed by atoms with Crippen LogP contribution in [0.2, 0.25) is 0 Å². The smallest absolute Gasteiger partial charge is 0.221 e. The van der Waals surface area contributed by atoms with E-state index >= 15 is 0 Å². The number of rotatable bonds is 6. The minimum atomic E-state index is -0.530. The molecule has 0 fully saturated rings. The molecule has 0 radical (unpaired) electrons. The number of aliphatic imine (C=N–C) groups is 2. The highest BCUT2D eigenvalue weighted by Gasteiger charge is 2.17. The third kappa shape index (κ3) is 5.48. The fourth-order valence-corrected chi connectivity index (χ4v) is 3.15. The van der Waals surface area contributed by atoms with E-state index in [2.05, 4.69) is 37.3 Å². The van der Waals surface area contributed by atoms with Gasteiger partial charge in [0.25, 0.3) is 0 Å². The Balaban J connectivity index is 1.55. The lowest BCUT2D eigenvalue weighted by atomic mass is 10.2. The Bertz CT molecular complexity index is 1110. The highest BCUT2D eigenvalue weighted by Crippen LogP contribution is 2.19. The molecule has 1 heterocycles. The van der Waals surface area contributed by atoms with Crippen molar-refractivity contribution < 1.29 is 9.47 Å². The van der Waals surface area contributed by atoms with E-state index in [0.717, 1.165) is 34.1 Å². The molecule has 164 valence electrons. The second kappa shape index (κ2) is 9.74. The van der Waals surface area contributed by atoms with Crippen molar-refractivity contribution in [2.45, 2.75) is 13.2 Å². The first-order chi connectivity index (χ1) is 15.6. The SMILES string of the molecule is COc1ccc(NC2=NC(Nc3ccc(OC)cc3)N=C(Nc3cccc(C)c3)N2)cc1. The number of benzene rings is 3. The summed E-state index contributed by atoms with van der Waals surface area (Å²) in [7, 11) is 3.29. The van der Waals surface area contributed by atoms with E-state index in [1.807, 2.05) is 73.7 Å². The van der Waals surface area contributed by atoms with Crippen LogP contribution in [0.5, 0.6) is 11.5 Å². The van der Waals surface area contributed by atoms with Gasteiger partial charge in [-0.3, -0.25) is 5.32 Å². The first kappa shape index (κ1) is 21.0. The quantitative estimate of drug-likeness (QED) is 0.467. The van der Waals surface area contributed by atoms with Gasteiger partial charge in [0.15, 0.2) is 0 Å². The molecule has 32 heavy (non-hydrogen) atoms. The van der Waals surface area contributed by atoms with Crippen LogP contribution in [-0.2, 0) is 0 Å². The molecule has 1 aliphatic rings. The molecule has 0 aliphatic carbocycles. The number of anilines is 3. The van der Waals surface area contributed by atoms with E-state index in [9.17, 15) is 0 Å². The minimum Gasteiger partial charge on any atom is -0.497 e. The molecule has 4 N–H and O–H groups in total. The van der Waals surface area contributed by atoms with E-state index in [0.29, 0.717) is 11.9 Å². The Labute approximate surface area is 187 Å². The van der Waals surface area contributed by atoms with Crippen LogP contribution in [-0.4, -0.2) is 32.4 Å². The fourth-order valence-electron chi connectivity index (χ4n) is 3.15. The number of nitrogens with zero attached hydrogens (tertiary/aromatic N) is 2. The average Bonchev–Trinajstić information content (AvgIpc) is 2.80. The van der Waals surface area contributed by atoms with Gasteiger partial charge in [0.05, 0.1) is 14.2 Å². The second-order valence-corrected chi connectivity index (χ2v) is 7.17. The number of nitrogens with one attached hydrogen (secondary N) is 4. The molecule has 0 aromatic heterocycles. The molecule has 1 aliphatic heterocycles. The molecular formula is C24H26N6O2. The number of aryl methyl sites for hydroxylation is 1. The maximum absolute atomic E-state index is 5.23. The van der Waals surface area contributed by atoms with E-state index in [4.69, 9.17) is 9.47 Å². The predicted octanol–water partition coefficient (Wildman–Crippen LogP) is 4.25. The largest absolute Gasteiger partial charge is 0.497 e. The summed E-state index contributed by atoms with van der Waals surface area (Å²) in [5, 5.41) is 13.2. The zero-order valence-electron chi connectivity index (χ0n) is 18.2. The maximum atomic E-state index is 5.23. The number of guanidine groups is 2. The Kier molecular flexibility index (Phi) is 6.41. The van der Waals surface area contributed by atoms with Crippen molar-refractivity contribution in [3.8, 4) is 11.5 Å². The molecule has 0 saturated carbocycles. The van der Waals surface area contributed by atoms with Crippen molar-refractivity contribution in [1.29, 1.82) is 0 Å². The van der Waals surface area contributed by atoms with Gasteiger partial charge in [-0.25, -0.2) is 9.98 Å². The maximum Gasteiger partial charge on any atom is 0.221 e. The fraction of sp³-hybridized carbons (Fsp3) is 0.167. The van der Waals surface area contributed by atoms with Crippen LogP contribution in [0.1, 0.15) is 5.56 Å². The third-order valence-corrected chi connectivity index (χ3v) is 4.76. The summed E-state index contributed by atoms with van der Waals surface area (Å²) in [6, 6.07) is 23.3. The molecular weight excluding hydrogens is 404 g/mol. The van der Waals surface area contributed by atoms with Crippen molar-refractivity contribution in [1.82, 2.24) is 5.32 Å². The van der Waals surface area contributed by atoms with Gasteiger partial charge in [-0.2, -0.15) is 0 Å². The van der Waals surface area contributed by atoms with Crippen LogP contribution in [0.4, 0.5) is 17.1 Å². The first-order valence-electron chi connectivity index (χ1n) is 10.2. The number of methoxy groups -OCH3 is 2. The number of ether oxygens (including phenoxy) is 2. The molecule has 1 unspecified atom stereocenters. The zero-order valence-corrected chi connectivity index (χ0v) is 18.2. The van der Waals surface area contributed by atoms with Crippen LogP contribution >= 0.6 is 0 Å². The molecule has 3 aromatic rings. The summed E-state index contributed by atoms with van der Waals surface area (Å²) in [5.41, 5.74) is 3.84. The van der Waals surface area contributed by atoms with Crippen molar-refractivity contribution in [2.24, 2.45) is 9.98 Å². The van der Waals surface area contributed by atoms with E-state index in [1.165, 1.54) is 0 Å². The van der Waals surface area contributed by atoms with Gasteiger partial charge in [0, 0.05) is 17.1 Å². The van der Waals surface area contributed by atoms with Gasteiger partial charge in [-0.1, -0.05) is 12.1 Å². The van der Waals surface area contributed by atoms with Crippen LogP contribution in [0.25, 0.3) is 0 Å². The standard InChI is InChI=1S/C24H26N6O2/c1-16-5-4-6-19(15-16)27-24-29-22(25-17-7-11-20(31-2)12-8-17)28-23(30-24)26-18-9-13-21(32-3)14-10-18/h4-15,22,25H,1-3H3,(H3,26,27,28,29,30). The monoisotopic (exact) mass is 430 g/mol. The van der Waals surface area contributed by atoms with Crippen molar-refractivity contribution in [2.75, 3.05) is 30.2 Å². The normalized spacial score (nSPS) is 15.0. The Hall–Kier alpha value is -4.20. The minimum absolute atomic E-state index is 0.530. The Morgan fingerprint density at radius 3 is 1.84 bits per heavy atom. The second-order valence-electron chi connectivity index (χ2n) is 7.17. The average molecular weight is 431 g/mol. The third-order valence-electron chi connectivity index (χ3n) is 4.76. The van der Waals surface area contributed by atoms with E-state index in [-0.39, 0.29) is 0 Å². The van der Waals surface area contributed by atoms with Crippen LogP contribution < -0.4 is 30.7 Å². The van der Waals surface area contributed by atoms with Crippen molar-refractivity contribution in [3.63, 3.8) is 0 Å². The van der Waals surface area contributed by atoms with Crippen molar-refractivity contribution >= 4 is 29.0 Å². The summed E-state index contributed by atoms with van der Waals surface area (Å²) in [4.78, 5) is 9.33. The van der Waals surface area contributed by atoms with Crippen molar-refractivity contribution in [3.05, 3.63) is 78.4 Å². The highest BCUT2D eigenvalue weighted by molar-refractivity contribution is 6.10. The number of hydrogen-bond acceptors (Lipinski definition) is 8. The van der Waals surface area contributed by atoms with Gasteiger partial charge in [0.1, 0.15) is 11.5 Å². The molecule has 0 spiro atoms. The molecule has 8 heteroatoms. The van der Waals surface area contributed by atoms with Gasteiger partial charge in [0.2, 0.25) is 18.2 Å². The summed E-state index contributed by atoms with van der Waals surface area (Å²) in [5.74, 6) is 2.71. The molecule has 4 rings (SSSR count). The van der Waals surface area contributed by atoms with Gasteiger partial charge in [-0.05, 0) is 73.2 Å². The van der Waals surface area contributed by atoms with Crippen LogP contribution in [0, 0.1) is 6.92 Å². The number of hydrogen-bond donors (Lipinski definition) is 4. The lowest BCUT2D eigenvalue weighted by Crippen LogP contribution is -2.45. The summed E-state index contributed by atoms with van der Waals surface area (Å²) < 4.78 is 10.5. The highest BCUT2D eigenvalue weighted by atomic mass is 16.5. The molecule has 0 bridgehead atoms. The first-order valence-corrected chi connectivity index (χ1v) is 10.2. The predicted molar refractivity (Wildman–Crippen MR) is 130 cm³/mol. The summed E-state index contributed by atoms with van der Waals surface area (Å²) in [6.07, 6.45) is -0.530. The van der Waals surface area contributed by atoms with Crippen LogP contribution in [0.3, 0.4) is 0 Å². The molecule has 8 nitrogen and oxygen atoms in total. The summed E-state index contributed by atoms with van der Waals surface area (Å²) >= 11 is 0. The lowest BCUT2D eigenvalue weighted by molar-refractivity contribution is 0.415. The Morgan fingerprint density at radius 2 is 1.28 bits per heavy atom. The lowest BCUT2D eigenvalue weighted by Gasteiger charge is -2.24. The zero-order chi connectivity index (χ0) is 22.3. The van der Waals surface area contributed by atoms with Gasteiger partial charge in [-0.15, -0.1) is 0 Å². The van der Waals surface area contributed by atoms with Crippen LogP contribution in [0.15, 0.2) is 82.8 Å². The van der Waals surface area contributed by atoms with E-state index in [1.54, 1.807) is 14.2 Å². The molecule has 1 atom stereocenters. The summed E-state index contributed by atoms with van der Waals surface area (Å²) in [6.45, 7) is 2.05. The molecule has 3 aromatic carbocycles.